The topological polar surface area (TPSA) is 21.2 Å². The van der Waals surface area contributed by atoms with E-state index in [2.05, 4.69) is 129 Å². The van der Waals surface area contributed by atoms with Crippen molar-refractivity contribution in [1.29, 1.82) is 0 Å². The van der Waals surface area contributed by atoms with Gasteiger partial charge in [0.25, 0.3) is 5.65 Å². The molecule has 202 valence electrons. The van der Waals surface area contributed by atoms with Crippen LogP contribution in [0.5, 0.6) is 0 Å². The number of nitrogens with zero attached hydrogens (tertiary/aromatic N) is 3. The van der Waals surface area contributed by atoms with Crippen molar-refractivity contribution in [2.24, 2.45) is 5.41 Å². The molecule has 3 heteroatoms. The summed E-state index contributed by atoms with van der Waals surface area (Å²) in [6.45, 7) is 31.5. The molecule has 38 heavy (non-hydrogen) atoms. The number of imidazole rings is 1. The van der Waals surface area contributed by atoms with E-state index in [0.717, 1.165) is 24.2 Å². The summed E-state index contributed by atoms with van der Waals surface area (Å²) >= 11 is 0. The van der Waals surface area contributed by atoms with Crippen LogP contribution in [0.4, 0.5) is 0 Å². The largest absolute Gasteiger partial charge is 0.299 e. The summed E-state index contributed by atoms with van der Waals surface area (Å²) in [4.78, 5) is 5.44. The van der Waals surface area contributed by atoms with Crippen LogP contribution in [0.2, 0.25) is 0 Å². The van der Waals surface area contributed by atoms with E-state index in [1.807, 2.05) is 0 Å². The molecule has 0 bridgehead atoms. The molecule has 3 heterocycles. The fourth-order valence-electron chi connectivity index (χ4n) is 8.34. The predicted octanol–water partition coefficient (Wildman–Crippen LogP) is 8.63. The molecule has 2 aromatic heterocycles. The number of fused-ring (bicyclic) bond motifs is 4. The van der Waals surface area contributed by atoms with E-state index in [9.17, 15) is 0 Å². The van der Waals surface area contributed by atoms with Gasteiger partial charge in [-0.05, 0) is 70.9 Å². The van der Waals surface area contributed by atoms with Crippen LogP contribution in [0, 0.1) is 5.41 Å². The third-order valence-electron chi connectivity index (χ3n) is 12.5. The minimum atomic E-state index is -0.102. The van der Waals surface area contributed by atoms with Crippen molar-refractivity contribution in [2.45, 2.75) is 130 Å². The first-order chi connectivity index (χ1) is 17.4. The lowest BCUT2D eigenvalue weighted by molar-refractivity contribution is -0.728. The molecule has 1 aliphatic heterocycles. The third kappa shape index (κ3) is 2.53. The second-order valence-corrected chi connectivity index (χ2v) is 15.5. The number of rotatable bonds is 2. The zero-order valence-corrected chi connectivity index (χ0v) is 26.1. The normalized spacial score (nSPS) is 27.1. The summed E-state index contributed by atoms with van der Waals surface area (Å²) in [7, 11) is 0. The molecule has 2 aliphatic rings. The Bertz CT molecular complexity index is 1670. The van der Waals surface area contributed by atoms with Gasteiger partial charge in [-0.2, -0.15) is 4.40 Å². The third-order valence-corrected chi connectivity index (χ3v) is 12.5. The number of hydrogen-bond donors (Lipinski definition) is 0. The van der Waals surface area contributed by atoms with Gasteiger partial charge in [0.05, 0.1) is 10.9 Å². The molecule has 0 radical (unpaired) electrons. The smallest absolute Gasteiger partial charge is 0.216 e. The summed E-state index contributed by atoms with van der Waals surface area (Å²) in [5, 5.41) is 1.34. The average Bonchev–Trinajstić information content (AvgIpc) is 3.23. The molecular formula is C35H48N3+. The maximum Gasteiger partial charge on any atom is 0.299 e. The van der Waals surface area contributed by atoms with Gasteiger partial charge in [-0.1, -0.05) is 95.2 Å². The van der Waals surface area contributed by atoms with Crippen LogP contribution in [0.1, 0.15) is 125 Å². The number of aromatic nitrogens is 3. The second kappa shape index (κ2) is 7.01. The highest BCUT2D eigenvalue weighted by Crippen LogP contribution is 2.62. The average molecular weight is 511 g/mol. The lowest BCUT2D eigenvalue weighted by Crippen LogP contribution is -2.66. The van der Waals surface area contributed by atoms with Crippen LogP contribution in [0.25, 0.3) is 27.6 Å². The van der Waals surface area contributed by atoms with Gasteiger partial charge in [0.1, 0.15) is 5.54 Å². The van der Waals surface area contributed by atoms with E-state index < -0.39 is 0 Å². The van der Waals surface area contributed by atoms with Crippen LogP contribution in [0.3, 0.4) is 0 Å². The maximum absolute atomic E-state index is 5.44. The fraction of sp³-hybridized carbons (Fsp3) is 0.600. The van der Waals surface area contributed by atoms with Gasteiger partial charge in [-0.25, -0.2) is 9.55 Å². The minimum absolute atomic E-state index is 0.00823. The number of benzene rings is 2. The monoisotopic (exact) mass is 510 g/mol. The fourth-order valence-corrected chi connectivity index (χ4v) is 8.34. The molecule has 0 N–H and O–H groups in total. The zero-order valence-electron chi connectivity index (χ0n) is 26.1. The van der Waals surface area contributed by atoms with Crippen LogP contribution >= 0.6 is 0 Å². The Morgan fingerprint density at radius 3 is 1.97 bits per heavy atom. The quantitative estimate of drug-likeness (QED) is 0.247. The van der Waals surface area contributed by atoms with Crippen LogP contribution in [0.15, 0.2) is 30.3 Å². The van der Waals surface area contributed by atoms with Crippen molar-refractivity contribution >= 4 is 27.6 Å². The molecule has 2 atom stereocenters. The van der Waals surface area contributed by atoms with E-state index in [1.54, 1.807) is 0 Å². The first-order valence-corrected chi connectivity index (χ1v) is 14.8. The summed E-state index contributed by atoms with van der Waals surface area (Å²) in [5.41, 5.74) is 9.66. The predicted molar refractivity (Wildman–Crippen MR) is 161 cm³/mol. The van der Waals surface area contributed by atoms with Gasteiger partial charge in [0.2, 0.25) is 5.82 Å². The van der Waals surface area contributed by atoms with E-state index in [4.69, 9.17) is 4.98 Å². The Balaban J connectivity index is 1.96. The molecule has 0 saturated heterocycles. The molecule has 4 aromatic rings. The first kappa shape index (κ1) is 25.8. The van der Waals surface area contributed by atoms with Crippen LogP contribution < -0.4 is 4.57 Å². The Kier molecular flexibility index (Phi) is 4.77. The summed E-state index contributed by atoms with van der Waals surface area (Å²) < 4.78 is 5.31. The SMILES string of the molecule is CCC1(C)c2cccc3nc(C(C)(C)C)n4c5cc6c(cc5[n+](c4c23)C1(C)CC)C(C)(C)C(C)(C)C6(C)C. The Morgan fingerprint density at radius 2 is 1.42 bits per heavy atom. The summed E-state index contributed by atoms with van der Waals surface area (Å²) in [6, 6.07) is 12.0. The van der Waals surface area contributed by atoms with E-state index in [-0.39, 0.29) is 32.6 Å². The highest BCUT2D eigenvalue weighted by atomic mass is 15.2. The van der Waals surface area contributed by atoms with Gasteiger partial charge in [-0.3, -0.25) is 0 Å². The van der Waals surface area contributed by atoms with Crippen molar-refractivity contribution in [2.75, 3.05) is 0 Å². The van der Waals surface area contributed by atoms with E-state index >= 15 is 0 Å². The summed E-state index contributed by atoms with van der Waals surface area (Å²) in [6.07, 6.45) is 2.15. The molecule has 0 spiro atoms. The lowest BCUT2D eigenvalue weighted by Gasteiger charge is -2.46. The second-order valence-electron chi connectivity index (χ2n) is 15.5. The molecular weight excluding hydrogens is 462 g/mol. The van der Waals surface area contributed by atoms with Crippen molar-refractivity contribution in [3.05, 3.63) is 52.8 Å². The van der Waals surface area contributed by atoms with Gasteiger partial charge >= 0.3 is 0 Å². The van der Waals surface area contributed by atoms with E-state index in [0.29, 0.717) is 0 Å². The minimum Gasteiger partial charge on any atom is -0.216 e. The van der Waals surface area contributed by atoms with Gasteiger partial charge in [-0.15, -0.1) is 0 Å². The maximum atomic E-state index is 5.44. The Labute approximate surface area is 229 Å². The Hall–Kier alpha value is -2.42. The van der Waals surface area contributed by atoms with Gasteiger partial charge in [0, 0.05) is 10.8 Å². The van der Waals surface area contributed by atoms with Crippen molar-refractivity contribution in [3.63, 3.8) is 0 Å². The highest BCUT2D eigenvalue weighted by Gasteiger charge is 2.59. The van der Waals surface area contributed by atoms with Crippen molar-refractivity contribution in [3.8, 4) is 0 Å². The molecule has 0 fully saturated rings. The van der Waals surface area contributed by atoms with Crippen molar-refractivity contribution in [1.82, 2.24) is 9.38 Å². The molecule has 0 amide bonds. The lowest BCUT2D eigenvalue weighted by atomic mass is 9.59. The van der Waals surface area contributed by atoms with Crippen LogP contribution in [-0.2, 0) is 27.2 Å². The van der Waals surface area contributed by atoms with E-state index in [1.165, 1.54) is 38.8 Å². The van der Waals surface area contributed by atoms with Crippen molar-refractivity contribution < 1.29 is 4.57 Å². The Morgan fingerprint density at radius 1 is 0.816 bits per heavy atom. The van der Waals surface area contributed by atoms with Gasteiger partial charge in [0.15, 0.2) is 11.0 Å². The molecule has 0 saturated carbocycles. The molecule has 2 unspecified atom stereocenters. The summed E-state index contributed by atoms with van der Waals surface area (Å²) in [5.74, 6) is 1.15. The molecule has 6 rings (SSSR count). The molecule has 3 nitrogen and oxygen atoms in total. The number of hydrogen-bond acceptors (Lipinski definition) is 1. The van der Waals surface area contributed by atoms with Gasteiger partial charge < -0.3 is 0 Å². The first-order valence-electron chi connectivity index (χ1n) is 14.8. The highest BCUT2D eigenvalue weighted by molar-refractivity contribution is 5.98. The zero-order chi connectivity index (χ0) is 28.0. The standard InChI is InChI=1S/C35H48N3/c1-14-34(12)21-17-16-18-24-27(21)28-37(29(36-24)30(3,4)5)25-19-22-23(20-26(25)38(28)35(34,13)15-2)32(8,9)33(10,11)31(22,6)7/h16-20H,14-15H2,1-13H3/q+1. The van der Waals surface area contributed by atoms with Crippen LogP contribution in [-0.4, -0.2) is 9.38 Å². The molecule has 2 aromatic carbocycles. The molecule has 1 aliphatic carbocycles.